The van der Waals surface area contributed by atoms with Crippen LogP contribution in [0.1, 0.15) is 62.5 Å². The van der Waals surface area contributed by atoms with Crippen molar-refractivity contribution in [3.63, 3.8) is 0 Å². The monoisotopic (exact) mass is 987 g/mol. The molecule has 69 heavy (non-hydrogen) atoms. The van der Waals surface area contributed by atoms with Crippen molar-refractivity contribution < 1.29 is 19.8 Å². The van der Waals surface area contributed by atoms with Crippen LogP contribution in [-0.2, 0) is 4.57 Å². The summed E-state index contributed by atoms with van der Waals surface area (Å²) >= 11 is 7.99. The Kier molecular flexibility index (Phi) is 15.2. The summed E-state index contributed by atoms with van der Waals surface area (Å²) in [6, 6.07) is 42.5. The highest BCUT2D eigenvalue weighted by Crippen LogP contribution is 2.66. The molecule has 1 aromatic heterocycles. The first-order valence-electron chi connectivity index (χ1n) is 24.2. The van der Waals surface area contributed by atoms with Crippen molar-refractivity contribution in [3.05, 3.63) is 154 Å². The summed E-state index contributed by atoms with van der Waals surface area (Å²) in [5, 5.41) is 38.5. The number of aliphatic hydroxyl groups excluding tert-OH is 1. The molecule has 3 saturated heterocycles. The molecular formula is C54H63ClN7O5PS. The fourth-order valence-corrected chi connectivity index (χ4v) is 14.6. The first kappa shape index (κ1) is 48.9. The predicted octanol–water partition coefficient (Wildman–Crippen LogP) is 11.8. The van der Waals surface area contributed by atoms with E-state index in [-0.39, 0.29) is 29.7 Å². The number of nitro groups is 1. The van der Waals surface area contributed by atoms with Gasteiger partial charge in [0.05, 0.1) is 22.4 Å². The molecule has 15 heteroatoms. The molecular weight excluding hydrogens is 925 g/mol. The first-order valence-corrected chi connectivity index (χ1v) is 27.3. The van der Waals surface area contributed by atoms with Crippen molar-refractivity contribution in [2.24, 2.45) is 0 Å². The summed E-state index contributed by atoms with van der Waals surface area (Å²) in [4.78, 5) is 21.5. The van der Waals surface area contributed by atoms with Crippen molar-refractivity contribution >= 4 is 58.7 Å². The van der Waals surface area contributed by atoms with Crippen molar-refractivity contribution in [1.82, 2.24) is 14.3 Å². The number of thioether (sulfide) groups is 1. The van der Waals surface area contributed by atoms with Gasteiger partial charge in [-0.1, -0.05) is 66.2 Å². The largest absolute Gasteiger partial charge is 0.393 e. The molecule has 3 fully saturated rings. The van der Waals surface area contributed by atoms with Gasteiger partial charge in [0.25, 0.3) is 5.69 Å². The number of aryl methyl sites for hydroxylation is 1. The highest BCUT2D eigenvalue weighted by atomic mass is 35.5. The third-order valence-corrected chi connectivity index (χ3v) is 18.9. The Morgan fingerprint density at radius 1 is 0.797 bits per heavy atom. The standard InChI is InChI=1S/C54H63ClN7O5PS/c1-38(2)61-39(3)34-50(54(61)41-12-16-43(55)17-13-41)42-8-7-9-46(35-42)59-32-30-58(31-33-59)45-18-14-40(15-19-45)53-25-29-60(64)68(53,67)48-20-21-51(52(36-48)62(65)66)56-44(37-69-49-10-5-4-6-11-49)22-26-57-27-23-47(63)24-28-57/h4-21,34-36,38,44,47,53,56,63-64H,22-33,37H2,1-3H3/t44-,53-,68?/m1/s1. The van der Waals surface area contributed by atoms with Gasteiger partial charge in [0.15, 0.2) is 0 Å². The van der Waals surface area contributed by atoms with E-state index in [1.54, 1.807) is 23.9 Å². The Hall–Kier alpha value is -5.11. The predicted molar refractivity (Wildman–Crippen MR) is 283 cm³/mol. The van der Waals surface area contributed by atoms with Gasteiger partial charge in [0.1, 0.15) is 5.69 Å². The van der Waals surface area contributed by atoms with E-state index in [9.17, 15) is 20.4 Å². The molecule has 362 valence electrons. The number of benzene rings is 5. The van der Waals surface area contributed by atoms with E-state index >= 15 is 4.57 Å². The highest BCUT2D eigenvalue weighted by molar-refractivity contribution is 7.99. The SMILES string of the molecule is Cc1cc(-c2cccc(N3CCN(c4ccc([C@H]5CCN(O)P5(=O)c5ccc(N[C@H](CCN6CCC(O)CC6)CSc6ccccc6)c([N+](=O)[O-])c5)cc4)CC3)c2)c(-c2ccc(Cl)cc2)n1C(C)C. The van der Waals surface area contributed by atoms with E-state index in [4.69, 9.17) is 11.6 Å². The summed E-state index contributed by atoms with van der Waals surface area (Å²) in [5.74, 6) is 0.686. The van der Waals surface area contributed by atoms with Crippen LogP contribution >= 0.6 is 30.7 Å². The third kappa shape index (κ3) is 10.8. The van der Waals surface area contributed by atoms with E-state index in [2.05, 4.69) is 112 Å². The van der Waals surface area contributed by atoms with Crippen molar-refractivity contribution in [3.8, 4) is 22.4 Å². The third-order valence-electron chi connectivity index (χ3n) is 14.1. The molecule has 4 heterocycles. The van der Waals surface area contributed by atoms with Gasteiger partial charge < -0.3 is 34.9 Å². The number of rotatable bonds is 16. The molecule has 3 aliphatic heterocycles. The lowest BCUT2D eigenvalue weighted by Crippen LogP contribution is -2.46. The van der Waals surface area contributed by atoms with Crippen LogP contribution in [0.25, 0.3) is 22.4 Å². The number of hydrogen-bond donors (Lipinski definition) is 3. The number of hydroxylamine groups is 1. The summed E-state index contributed by atoms with van der Waals surface area (Å²) in [5.41, 5.74) is 8.68. The minimum Gasteiger partial charge on any atom is -0.393 e. The maximum Gasteiger partial charge on any atom is 0.293 e. The number of piperidine rings is 1. The molecule has 1 unspecified atom stereocenters. The van der Waals surface area contributed by atoms with Gasteiger partial charge in [-0.2, -0.15) is 0 Å². The highest BCUT2D eigenvalue weighted by Gasteiger charge is 2.47. The number of nitrogens with zero attached hydrogens (tertiary/aromatic N) is 6. The number of aliphatic hydroxyl groups is 1. The lowest BCUT2D eigenvalue weighted by molar-refractivity contribution is -0.383. The zero-order valence-corrected chi connectivity index (χ0v) is 42.1. The van der Waals surface area contributed by atoms with E-state index in [1.807, 2.05) is 42.5 Å². The molecule has 9 rings (SSSR count). The molecule has 0 radical (unpaired) electrons. The smallest absolute Gasteiger partial charge is 0.293 e. The van der Waals surface area contributed by atoms with Crippen molar-refractivity contribution in [2.75, 3.05) is 73.2 Å². The number of piperazine rings is 1. The molecule has 3 atom stereocenters. The zero-order valence-electron chi connectivity index (χ0n) is 39.7. The molecule has 0 bridgehead atoms. The molecule has 6 aromatic rings. The van der Waals surface area contributed by atoms with Crippen LogP contribution in [0.5, 0.6) is 0 Å². The summed E-state index contributed by atoms with van der Waals surface area (Å²) < 4.78 is 17.6. The fraction of sp³-hybridized carbons (Fsp3) is 0.370. The molecule has 3 N–H and O–H groups in total. The molecule has 3 aliphatic rings. The fourth-order valence-electron chi connectivity index (χ4n) is 10.4. The van der Waals surface area contributed by atoms with Gasteiger partial charge in [-0.25, -0.2) is 0 Å². The lowest BCUT2D eigenvalue weighted by Gasteiger charge is -2.37. The molecule has 12 nitrogen and oxygen atoms in total. The number of aromatic nitrogens is 1. The molecule has 0 saturated carbocycles. The van der Waals surface area contributed by atoms with E-state index in [1.165, 1.54) is 34.3 Å². The maximum atomic E-state index is 15.2. The van der Waals surface area contributed by atoms with Gasteiger partial charge in [0, 0.05) is 114 Å². The van der Waals surface area contributed by atoms with E-state index in [0.717, 1.165) is 96.6 Å². The lowest BCUT2D eigenvalue weighted by atomic mass is 10.00. The van der Waals surface area contributed by atoms with Gasteiger partial charge in [0.2, 0.25) is 7.29 Å². The quantitative estimate of drug-likeness (QED) is 0.0371. The Bertz CT molecular complexity index is 2760. The van der Waals surface area contributed by atoms with Crippen molar-refractivity contribution in [2.45, 2.75) is 75.2 Å². The normalized spacial score (nSPS) is 19.9. The van der Waals surface area contributed by atoms with Gasteiger partial charge >= 0.3 is 0 Å². The second kappa shape index (κ2) is 21.5. The van der Waals surface area contributed by atoms with Crippen LogP contribution in [0.2, 0.25) is 5.02 Å². The Balaban J connectivity index is 0.881. The Morgan fingerprint density at radius 3 is 2.17 bits per heavy atom. The van der Waals surface area contributed by atoms with Gasteiger partial charge in [-0.3, -0.25) is 14.7 Å². The minimum atomic E-state index is -3.70. The van der Waals surface area contributed by atoms with Crippen LogP contribution in [0, 0.1) is 17.0 Å². The van der Waals surface area contributed by atoms with E-state index in [0.29, 0.717) is 23.9 Å². The molecule has 0 amide bonds. The minimum absolute atomic E-state index is 0.100. The van der Waals surface area contributed by atoms with Crippen LogP contribution in [0.4, 0.5) is 22.7 Å². The van der Waals surface area contributed by atoms with Crippen molar-refractivity contribution in [1.29, 1.82) is 0 Å². The number of hydrogen-bond acceptors (Lipinski definition) is 10. The second-order valence-corrected chi connectivity index (χ2v) is 23.3. The summed E-state index contributed by atoms with van der Waals surface area (Å²) in [6.45, 7) is 12.6. The van der Waals surface area contributed by atoms with Gasteiger partial charge in [-0.05, 0) is 130 Å². The molecule has 5 aromatic carbocycles. The second-order valence-electron chi connectivity index (χ2n) is 18.9. The average molecular weight is 989 g/mol. The van der Waals surface area contributed by atoms with E-state index < -0.39 is 17.9 Å². The van der Waals surface area contributed by atoms with Crippen LogP contribution < -0.4 is 20.4 Å². The van der Waals surface area contributed by atoms with Crippen LogP contribution in [0.15, 0.2) is 132 Å². The summed E-state index contributed by atoms with van der Waals surface area (Å²) in [6.07, 6.45) is 2.43. The topological polar surface area (TPSA) is 131 Å². The number of likely N-dealkylation sites (tertiary alicyclic amines) is 1. The maximum absolute atomic E-state index is 15.2. The van der Waals surface area contributed by atoms with Gasteiger partial charge in [-0.15, -0.1) is 16.6 Å². The van der Waals surface area contributed by atoms with Crippen LogP contribution in [0.3, 0.4) is 0 Å². The Labute approximate surface area is 415 Å². The Morgan fingerprint density at radius 2 is 1.49 bits per heavy atom. The number of nitro benzene ring substituents is 1. The summed E-state index contributed by atoms with van der Waals surface area (Å²) in [7, 11) is -3.70. The number of nitrogens with one attached hydrogen (secondary N) is 1. The molecule has 0 spiro atoms. The van der Waals surface area contributed by atoms with Crippen LogP contribution in [-0.4, -0.2) is 99.8 Å². The number of halogens is 1. The first-order chi connectivity index (χ1) is 33.3. The zero-order chi connectivity index (χ0) is 48.2. The average Bonchev–Trinajstić information content (AvgIpc) is 3.88. The molecule has 0 aliphatic carbocycles. The number of anilines is 3.